The molecule has 1 nitrogen and oxygen atoms in total. The van der Waals surface area contributed by atoms with Gasteiger partial charge in [0.05, 0.1) is 0 Å². The molecule has 0 aromatic rings. The van der Waals surface area contributed by atoms with Gasteiger partial charge in [0.15, 0.2) is 0 Å². The van der Waals surface area contributed by atoms with Gasteiger partial charge >= 0.3 is 0 Å². The SMILES string of the molecule is CCCNC(C)CC(C)(C)CCCC(C)C. The van der Waals surface area contributed by atoms with Crippen LogP contribution in [0, 0.1) is 11.3 Å². The first-order valence-corrected chi connectivity index (χ1v) is 7.10. The van der Waals surface area contributed by atoms with E-state index in [2.05, 4.69) is 46.9 Å². The van der Waals surface area contributed by atoms with E-state index in [9.17, 15) is 0 Å². The Bertz CT molecular complexity index is 161. The smallest absolute Gasteiger partial charge is 0.00438 e. The van der Waals surface area contributed by atoms with Gasteiger partial charge in [0, 0.05) is 6.04 Å². The fourth-order valence-corrected chi connectivity index (χ4v) is 2.38. The van der Waals surface area contributed by atoms with Crippen molar-refractivity contribution in [3.05, 3.63) is 0 Å². The van der Waals surface area contributed by atoms with E-state index >= 15 is 0 Å². The quantitative estimate of drug-likeness (QED) is 0.606. The molecule has 98 valence electrons. The van der Waals surface area contributed by atoms with E-state index in [4.69, 9.17) is 0 Å². The molecule has 0 aromatic heterocycles. The van der Waals surface area contributed by atoms with E-state index in [-0.39, 0.29) is 0 Å². The zero-order chi connectivity index (χ0) is 12.6. The molecule has 0 aliphatic heterocycles. The maximum absolute atomic E-state index is 3.59. The third-order valence-corrected chi connectivity index (χ3v) is 3.24. The molecule has 0 saturated heterocycles. The Hall–Kier alpha value is -0.0400. The molecule has 0 aliphatic carbocycles. The van der Waals surface area contributed by atoms with Crippen LogP contribution in [0.4, 0.5) is 0 Å². The number of hydrogen-bond donors (Lipinski definition) is 1. The highest BCUT2D eigenvalue weighted by atomic mass is 14.9. The predicted octanol–water partition coefficient (Wildman–Crippen LogP) is 4.62. The van der Waals surface area contributed by atoms with Crippen LogP contribution in [0.5, 0.6) is 0 Å². The zero-order valence-corrected chi connectivity index (χ0v) is 12.4. The molecule has 16 heavy (non-hydrogen) atoms. The Morgan fingerprint density at radius 3 is 2.25 bits per heavy atom. The summed E-state index contributed by atoms with van der Waals surface area (Å²) in [5, 5.41) is 3.59. The second-order valence-electron chi connectivity index (χ2n) is 6.51. The first-order chi connectivity index (χ1) is 7.37. The van der Waals surface area contributed by atoms with Crippen molar-refractivity contribution in [3.8, 4) is 0 Å². The van der Waals surface area contributed by atoms with Crippen LogP contribution in [0.25, 0.3) is 0 Å². The summed E-state index contributed by atoms with van der Waals surface area (Å²) in [5.41, 5.74) is 0.495. The van der Waals surface area contributed by atoms with Gasteiger partial charge in [-0.15, -0.1) is 0 Å². The van der Waals surface area contributed by atoms with Crippen molar-refractivity contribution in [2.75, 3.05) is 6.54 Å². The van der Waals surface area contributed by atoms with Crippen molar-refractivity contribution in [2.24, 2.45) is 11.3 Å². The molecular weight excluding hydrogens is 194 g/mol. The minimum atomic E-state index is 0.495. The zero-order valence-electron chi connectivity index (χ0n) is 12.4. The van der Waals surface area contributed by atoms with Gasteiger partial charge in [-0.25, -0.2) is 0 Å². The number of nitrogens with one attached hydrogen (secondary N) is 1. The van der Waals surface area contributed by atoms with Gasteiger partial charge in [-0.2, -0.15) is 0 Å². The Kier molecular flexibility index (Phi) is 8.09. The molecule has 0 aliphatic rings. The van der Waals surface area contributed by atoms with E-state index in [0.717, 1.165) is 12.5 Å². The summed E-state index contributed by atoms with van der Waals surface area (Å²) in [6, 6.07) is 0.661. The van der Waals surface area contributed by atoms with E-state index < -0.39 is 0 Å². The molecule has 0 heterocycles. The van der Waals surface area contributed by atoms with Crippen LogP contribution >= 0.6 is 0 Å². The summed E-state index contributed by atoms with van der Waals surface area (Å²) in [4.78, 5) is 0. The Balaban J connectivity index is 3.75. The average molecular weight is 227 g/mol. The van der Waals surface area contributed by atoms with Gasteiger partial charge in [-0.3, -0.25) is 0 Å². The second kappa shape index (κ2) is 8.11. The first kappa shape index (κ1) is 16.0. The highest BCUT2D eigenvalue weighted by Crippen LogP contribution is 2.29. The molecule has 0 aromatic carbocycles. The van der Waals surface area contributed by atoms with Crippen molar-refractivity contribution in [1.29, 1.82) is 0 Å². The van der Waals surface area contributed by atoms with Crippen LogP contribution in [0.15, 0.2) is 0 Å². The normalized spacial score (nSPS) is 14.4. The Morgan fingerprint density at radius 1 is 1.12 bits per heavy atom. The van der Waals surface area contributed by atoms with Crippen LogP contribution in [-0.4, -0.2) is 12.6 Å². The summed E-state index contributed by atoms with van der Waals surface area (Å²) < 4.78 is 0. The lowest BCUT2D eigenvalue weighted by Gasteiger charge is -2.29. The van der Waals surface area contributed by atoms with E-state index in [1.165, 1.54) is 32.1 Å². The Labute approximate surface area is 103 Å². The molecule has 1 N–H and O–H groups in total. The lowest BCUT2D eigenvalue weighted by molar-refractivity contribution is 0.255. The number of rotatable bonds is 9. The van der Waals surface area contributed by atoms with Crippen LogP contribution in [-0.2, 0) is 0 Å². The van der Waals surface area contributed by atoms with Crippen LogP contribution in [0.2, 0.25) is 0 Å². The summed E-state index contributed by atoms with van der Waals surface area (Å²) in [6.45, 7) is 15.2. The summed E-state index contributed by atoms with van der Waals surface area (Å²) in [5.74, 6) is 0.853. The topological polar surface area (TPSA) is 12.0 Å². The maximum atomic E-state index is 3.59. The second-order valence-corrected chi connectivity index (χ2v) is 6.51. The molecule has 1 atom stereocenters. The maximum Gasteiger partial charge on any atom is 0.00438 e. The van der Waals surface area contributed by atoms with Crippen LogP contribution < -0.4 is 5.32 Å². The van der Waals surface area contributed by atoms with Crippen molar-refractivity contribution >= 4 is 0 Å². The highest BCUT2D eigenvalue weighted by Gasteiger charge is 2.20. The third kappa shape index (κ3) is 9.21. The molecule has 0 bridgehead atoms. The minimum Gasteiger partial charge on any atom is -0.314 e. The largest absolute Gasteiger partial charge is 0.314 e. The molecule has 0 radical (unpaired) electrons. The average Bonchev–Trinajstić information content (AvgIpc) is 2.12. The highest BCUT2D eigenvalue weighted by molar-refractivity contribution is 4.75. The van der Waals surface area contributed by atoms with Gasteiger partial charge in [-0.05, 0) is 44.1 Å². The molecule has 0 fully saturated rings. The van der Waals surface area contributed by atoms with E-state index in [0.29, 0.717) is 11.5 Å². The van der Waals surface area contributed by atoms with E-state index in [1.807, 2.05) is 0 Å². The molecule has 0 amide bonds. The summed E-state index contributed by atoms with van der Waals surface area (Å²) >= 11 is 0. The third-order valence-electron chi connectivity index (χ3n) is 3.24. The van der Waals surface area contributed by atoms with Crippen molar-refractivity contribution in [2.45, 2.75) is 79.7 Å². The fourth-order valence-electron chi connectivity index (χ4n) is 2.38. The van der Waals surface area contributed by atoms with Crippen LogP contribution in [0.3, 0.4) is 0 Å². The van der Waals surface area contributed by atoms with Crippen molar-refractivity contribution in [1.82, 2.24) is 5.32 Å². The van der Waals surface area contributed by atoms with Gasteiger partial charge in [0.1, 0.15) is 0 Å². The Morgan fingerprint density at radius 2 is 1.75 bits per heavy atom. The van der Waals surface area contributed by atoms with Crippen molar-refractivity contribution < 1.29 is 0 Å². The fraction of sp³-hybridized carbons (Fsp3) is 1.00. The molecule has 1 heteroatoms. The van der Waals surface area contributed by atoms with Gasteiger partial charge in [-0.1, -0.05) is 47.5 Å². The lowest BCUT2D eigenvalue weighted by atomic mass is 9.81. The van der Waals surface area contributed by atoms with Gasteiger partial charge < -0.3 is 5.32 Å². The van der Waals surface area contributed by atoms with Crippen molar-refractivity contribution in [3.63, 3.8) is 0 Å². The predicted molar refractivity (Wildman–Crippen MR) is 74.8 cm³/mol. The molecule has 0 saturated carbocycles. The molecule has 0 spiro atoms. The summed E-state index contributed by atoms with van der Waals surface area (Å²) in [7, 11) is 0. The number of hydrogen-bond acceptors (Lipinski definition) is 1. The molecule has 0 rings (SSSR count). The summed E-state index contributed by atoms with van der Waals surface area (Å²) in [6.07, 6.45) is 6.65. The van der Waals surface area contributed by atoms with Crippen LogP contribution in [0.1, 0.15) is 73.6 Å². The first-order valence-electron chi connectivity index (χ1n) is 7.10. The molecule has 1 unspecified atom stereocenters. The van der Waals surface area contributed by atoms with Gasteiger partial charge in [0.25, 0.3) is 0 Å². The minimum absolute atomic E-state index is 0.495. The van der Waals surface area contributed by atoms with Gasteiger partial charge in [0.2, 0.25) is 0 Å². The van der Waals surface area contributed by atoms with E-state index in [1.54, 1.807) is 0 Å². The monoisotopic (exact) mass is 227 g/mol. The standard InChI is InChI=1S/C15H33N/c1-7-11-16-14(4)12-15(5,6)10-8-9-13(2)3/h13-14,16H,7-12H2,1-6H3. The lowest BCUT2D eigenvalue weighted by Crippen LogP contribution is -2.31. The molecular formula is C15H33N.